The lowest BCUT2D eigenvalue weighted by atomic mass is 9.89. The van der Waals surface area contributed by atoms with E-state index in [1.165, 1.54) is 123 Å². The average molecular weight is 749 g/mol. The highest BCUT2D eigenvalue weighted by molar-refractivity contribution is 5.69. The van der Waals surface area contributed by atoms with Crippen LogP contribution >= 0.6 is 0 Å². The van der Waals surface area contributed by atoms with Crippen LogP contribution in [0.4, 0.5) is 0 Å². The van der Waals surface area contributed by atoms with Gasteiger partial charge in [0.25, 0.3) is 0 Å². The molecule has 0 amide bonds. The molecule has 1 rings (SSSR count). The summed E-state index contributed by atoms with van der Waals surface area (Å²) < 4.78 is 11.4. The minimum Gasteiger partial charge on any atom is -0.465 e. The number of hydrogen-bond acceptors (Lipinski definition) is 6. The highest BCUT2D eigenvalue weighted by Gasteiger charge is 2.20. The van der Waals surface area contributed by atoms with Gasteiger partial charge in [0.05, 0.1) is 13.2 Å². The fourth-order valence-electron chi connectivity index (χ4n) is 7.75. The van der Waals surface area contributed by atoms with Crippen LogP contribution in [-0.2, 0) is 19.1 Å². The van der Waals surface area contributed by atoms with Crippen molar-refractivity contribution >= 4 is 11.9 Å². The van der Waals surface area contributed by atoms with E-state index in [-0.39, 0.29) is 11.9 Å². The molecule has 0 N–H and O–H groups in total. The Morgan fingerprint density at radius 3 is 1.19 bits per heavy atom. The number of unbranched alkanes of at least 4 members (excludes halogenated alkanes) is 12. The van der Waals surface area contributed by atoms with E-state index in [1.54, 1.807) is 0 Å². The number of carbonyl (C=O) groups is 2. The maximum Gasteiger partial charge on any atom is 0.305 e. The summed E-state index contributed by atoms with van der Waals surface area (Å²) in [6, 6.07) is 0. The van der Waals surface area contributed by atoms with E-state index in [4.69, 9.17) is 9.47 Å². The van der Waals surface area contributed by atoms with Crippen LogP contribution in [0.15, 0.2) is 0 Å². The van der Waals surface area contributed by atoms with E-state index in [2.05, 4.69) is 72.2 Å². The van der Waals surface area contributed by atoms with Gasteiger partial charge in [0.2, 0.25) is 0 Å². The van der Waals surface area contributed by atoms with E-state index in [0.29, 0.717) is 61.6 Å². The number of esters is 2. The van der Waals surface area contributed by atoms with Crippen molar-refractivity contribution in [3.63, 3.8) is 0 Å². The van der Waals surface area contributed by atoms with Crippen LogP contribution in [-0.4, -0.2) is 74.7 Å². The number of carbonyl (C=O) groups excluding carboxylic acids is 2. The average Bonchev–Trinajstić information content (AvgIpc) is 3.10. The lowest BCUT2D eigenvalue weighted by Gasteiger charge is -2.34. The first-order chi connectivity index (χ1) is 25.4. The van der Waals surface area contributed by atoms with Crippen LogP contribution in [0.2, 0.25) is 0 Å². The normalized spacial score (nSPS) is 16.2. The van der Waals surface area contributed by atoms with Gasteiger partial charge in [-0.15, -0.1) is 0 Å². The summed E-state index contributed by atoms with van der Waals surface area (Å²) in [5.74, 6) is 4.35. The van der Waals surface area contributed by atoms with Crippen molar-refractivity contribution in [3.8, 4) is 0 Å². The zero-order valence-electron chi connectivity index (χ0n) is 37.1. The van der Waals surface area contributed by atoms with Gasteiger partial charge in [-0.1, -0.05) is 145 Å². The molecule has 0 aliphatic carbocycles. The van der Waals surface area contributed by atoms with Crippen molar-refractivity contribution in [1.82, 2.24) is 9.80 Å². The van der Waals surface area contributed by atoms with Crippen LogP contribution in [0.1, 0.15) is 197 Å². The second-order valence-corrected chi connectivity index (χ2v) is 18.8. The van der Waals surface area contributed by atoms with Crippen LogP contribution in [0, 0.1) is 41.4 Å². The molecule has 0 spiro atoms. The van der Waals surface area contributed by atoms with Gasteiger partial charge >= 0.3 is 11.9 Å². The van der Waals surface area contributed by atoms with Gasteiger partial charge in [-0.2, -0.15) is 0 Å². The first kappa shape index (κ1) is 49.9. The molecule has 1 saturated heterocycles. The van der Waals surface area contributed by atoms with E-state index in [9.17, 15) is 9.59 Å². The first-order valence-corrected chi connectivity index (χ1v) is 23.1. The fourth-order valence-corrected chi connectivity index (χ4v) is 7.75. The Morgan fingerprint density at radius 1 is 0.472 bits per heavy atom. The number of likely N-dealkylation sites (N-methyl/N-ethyl adjacent to an activating group) is 1. The molecular formula is C47H92N2O4. The van der Waals surface area contributed by atoms with Crippen LogP contribution < -0.4 is 0 Å². The van der Waals surface area contributed by atoms with Crippen molar-refractivity contribution in [2.75, 3.05) is 53.0 Å². The van der Waals surface area contributed by atoms with Crippen molar-refractivity contribution < 1.29 is 19.1 Å². The molecule has 0 aromatic rings. The molecule has 0 bridgehead atoms. The SMILES string of the molecule is CC(C)CCC(COC(=O)CCCCCCCCCC(CCCCCCCCCC(=O)OCC(CCC(C)C)C(C)C)CN1CCN(C)CC1)C(C)C. The number of ether oxygens (including phenoxy) is 2. The van der Waals surface area contributed by atoms with Gasteiger partial charge in [0, 0.05) is 45.6 Å². The molecule has 6 heteroatoms. The molecule has 0 radical (unpaired) electrons. The topological polar surface area (TPSA) is 59.1 Å². The molecule has 1 fully saturated rings. The van der Waals surface area contributed by atoms with Crippen molar-refractivity contribution in [1.29, 1.82) is 0 Å². The quantitative estimate of drug-likeness (QED) is 0.0482. The number of nitrogens with zero attached hydrogens (tertiary/aromatic N) is 2. The molecule has 0 aromatic carbocycles. The lowest BCUT2D eigenvalue weighted by molar-refractivity contribution is -0.146. The Balaban J connectivity index is 2.18. The van der Waals surface area contributed by atoms with Gasteiger partial charge < -0.3 is 19.3 Å². The maximum absolute atomic E-state index is 12.3. The molecule has 1 heterocycles. The number of hydrogen-bond donors (Lipinski definition) is 0. The second-order valence-electron chi connectivity index (χ2n) is 18.8. The van der Waals surface area contributed by atoms with Crippen molar-refractivity contribution in [3.05, 3.63) is 0 Å². The zero-order valence-corrected chi connectivity index (χ0v) is 37.1. The van der Waals surface area contributed by atoms with E-state index < -0.39 is 0 Å². The highest BCUT2D eigenvalue weighted by Crippen LogP contribution is 2.24. The summed E-state index contributed by atoms with van der Waals surface area (Å²) in [4.78, 5) is 29.8. The summed E-state index contributed by atoms with van der Waals surface area (Å²) in [7, 11) is 2.25. The summed E-state index contributed by atoms with van der Waals surface area (Å²) in [5.41, 5.74) is 0. The minimum absolute atomic E-state index is 0.00325. The largest absolute Gasteiger partial charge is 0.465 e. The molecule has 2 atom stereocenters. The van der Waals surface area contributed by atoms with Gasteiger partial charge in [-0.25, -0.2) is 0 Å². The van der Waals surface area contributed by atoms with Gasteiger partial charge in [-0.05, 0) is 87.0 Å². The third kappa shape index (κ3) is 28.9. The summed E-state index contributed by atoms with van der Waals surface area (Å²) in [6.07, 6.45) is 26.0. The Bertz CT molecular complexity index is 809. The summed E-state index contributed by atoms with van der Waals surface area (Å²) in [6.45, 7) is 25.4. The molecule has 0 saturated carbocycles. The molecular weight excluding hydrogens is 657 g/mol. The Morgan fingerprint density at radius 2 is 0.830 bits per heavy atom. The smallest absolute Gasteiger partial charge is 0.305 e. The van der Waals surface area contributed by atoms with Gasteiger partial charge in [-0.3, -0.25) is 9.59 Å². The Kier molecular flexibility index (Phi) is 30.1. The molecule has 0 aromatic heterocycles. The fraction of sp³-hybridized carbons (Fsp3) is 0.957. The van der Waals surface area contributed by atoms with Crippen LogP contribution in [0.25, 0.3) is 0 Å². The molecule has 1 aliphatic rings. The van der Waals surface area contributed by atoms with Crippen LogP contribution in [0.5, 0.6) is 0 Å². The third-order valence-electron chi connectivity index (χ3n) is 12.1. The molecule has 2 unspecified atom stereocenters. The molecule has 53 heavy (non-hydrogen) atoms. The zero-order chi connectivity index (χ0) is 39.3. The monoisotopic (exact) mass is 749 g/mol. The standard InChI is InChI=1S/C47H92N2O4/c1-39(2)28-30-44(41(5)6)37-52-46(50)26-22-18-14-10-12-16-20-24-43(36-49-34-32-48(9)33-35-49)25-21-17-13-11-15-19-23-27-47(51)53-38-45(42(7)8)31-29-40(3)4/h39-45H,10-38H2,1-9H3. The van der Waals surface area contributed by atoms with Crippen molar-refractivity contribution in [2.24, 2.45) is 41.4 Å². The first-order valence-electron chi connectivity index (χ1n) is 23.1. The highest BCUT2D eigenvalue weighted by atomic mass is 16.5. The predicted octanol–water partition coefficient (Wildman–Crippen LogP) is 12.4. The summed E-state index contributed by atoms with van der Waals surface area (Å²) in [5, 5.41) is 0. The van der Waals surface area contributed by atoms with Gasteiger partial charge in [0.1, 0.15) is 0 Å². The van der Waals surface area contributed by atoms with Crippen molar-refractivity contribution in [2.45, 2.75) is 197 Å². The molecule has 314 valence electrons. The van der Waals surface area contributed by atoms with Crippen LogP contribution in [0.3, 0.4) is 0 Å². The Hall–Kier alpha value is -1.14. The van der Waals surface area contributed by atoms with E-state index in [0.717, 1.165) is 44.4 Å². The van der Waals surface area contributed by atoms with E-state index in [1.807, 2.05) is 0 Å². The second kappa shape index (κ2) is 32.0. The Labute approximate surface area is 331 Å². The van der Waals surface area contributed by atoms with E-state index >= 15 is 0 Å². The minimum atomic E-state index is 0.00325. The maximum atomic E-state index is 12.3. The number of piperazine rings is 1. The lowest BCUT2D eigenvalue weighted by Crippen LogP contribution is -2.46. The number of rotatable bonds is 34. The molecule has 1 aliphatic heterocycles. The third-order valence-corrected chi connectivity index (χ3v) is 12.1. The summed E-state index contributed by atoms with van der Waals surface area (Å²) >= 11 is 0. The predicted molar refractivity (Wildman–Crippen MR) is 227 cm³/mol. The molecule has 6 nitrogen and oxygen atoms in total. The van der Waals surface area contributed by atoms with Gasteiger partial charge in [0.15, 0.2) is 0 Å².